The highest BCUT2D eigenvalue weighted by atomic mass is 16.1. The fourth-order valence-electron chi connectivity index (χ4n) is 2.61. The van der Waals surface area contributed by atoms with E-state index in [1.54, 1.807) is 0 Å². The maximum absolute atomic E-state index is 11.5. The van der Waals surface area contributed by atoms with Crippen LogP contribution >= 0.6 is 0 Å². The molecule has 1 amide bonds. The highest BCUT2D eigenvalue weighted by Crippen LogP contribution is 2.46. The van der Waals surface area contributed by atoms with Gasteiger partial charge in [0, 0.05) is 12.5 Å². The fourth-order valence-corrected chi connectivity index (χ4v) is 2.61. The summed E-state index contributed by atoms with van der Waals surface area (Å²) in [6.45, 7) is 3.23. The van der Waals surface area contributed by atoms with Gasteiger partial charge in [-0.3, -0.25) is 4.79 Å². The Hall–Kier alpha value is -0.530. The molecule has 0 bridgehead atoms. The summed E-state index contributed by atoms with van der Waals surface area (Å²) in [4.78, 5) is 11.5. The number of carbonyl (C=O) groups excluding carboxylic acids is 1. The molecule has 1 saturated carbocycles. The quantitative estimate of drug-likeness (QED) is 0.694. The first kappa shape index (κ1) is 9.04. The summed E-state index contributed by atoms with van der Waals surface area (Å²) in [6.07, 6.45) is 7.44. The molecular weight excluding hydrogens is 162 g/mol. The van der Waals surface area contributed by atoms with Crippen LogP contribution in [0.3, 0.4) is 0 Å². The van der Waals surface area contributed by atoms with E-state index in [2.05, 4.69) is 12.2 Å². The molecule has 1 atom stereocenters. The molecule has 13 heavy (non-hydrogen) atoms. The minimum atomic E-state index is 0.305. The van der Waals surface area contributed by atoms with Crippen molar-refractivity contribution < 1.29 is 4.79 Å². The van der Waals surface area contributed by atoms with E-state index in [1.165, 1.54) is 25.7 Å². The van der Waals surface area contributed by atoms with Crippen LogP contribution in [0.25, 0.3) is 0 Å². The van der Waals surface area contributed by atoms with Gasteiger partial charge in [-0.25, -0.2) is 0 Å². The molecule has 1 unspecified atom stereocenters. The van der Waals surface area contributed by atoms with Crippen LogP contribution < -0.4 is 5.32 Å². The van der Waals surface area contributed by atoms with E-state index in [1.807, 2.05) is 0 Å². The van der Waals surface area contributed by atoms with E-state index in [4.69, 9.17) is 0 Å². The lowest BCUT2D eigenvalue weighted by Gasteiger charge is -2.41. The largest absolute Gasteiger partial charge is 0.356 e. The van der Waals surface area contributed by atoms with Gasteiger partial charge >= 0.3 is 0 Å². The lowest BCUT2D eigenvalue weighted by Crippen LogP contribution is -2.40. The molecule has 2 fully saturated rings. The summed E-state index contributed by atoms with van der Waals surface area (Å²) in [5.41, 5.74) is 0.499. The Labute approximate surface area is 80.1 Å². The Bertz CT molecular complexity index is 208. The zero-order valence-corrected chi connectivity index (χ0v) is 8.44. The van der Waals surface area contributed by atoms with Gasteiger partial charge in [0.2, 0.25) is 5.91 Å². The monoisotopic (exact) mass is 181 g/mol. The first-order chi connectivity index (χ1) is 6.20. The molecule has 1 aliphatic heterocycles. The number of amides is 1. The Kier molecular flexibility index (Phi) is 2.31. The van der Waals surface area contributed by atoms with Crippen molar-refractivity contribution in [2.75, 3.05) is 6.54 Å². The Morgan fingerprint density at radius 1 is 1.46 bits per heavy atom. The molecule has 1 saturated heterocycles. The third-order valence-electron chi connectivity index (χ3n) is 3.70. The predicted molar refractivity (Wildman–Crippen MR) is 52.3 cm³/mol. The molecule has 1 N–H and O–H groups in total. The van der Waals surface area contributed by atoms with Crippen molar-refractivity contribution in [2.24, 2.45) is 11.3 Å². The van der Waals surface area contributed by atoms with Gasteiger partial charge < -0.3 is 5.32 Å². The van der Waals surface area contributed by atoms with Gasteiger partial charge in [-0.15, -0.1) is 0 Å². The smallest absolute Gasteiger partial charge is 0.223 e. The lowest BCUT2D eigenvalue weighted by molar-refractivity contribution is -0.128. The Morgan fingerprint density at radius 2 is 2.23 bits per heavy atom. The van der Waals surface area contributed by atoms with Gasteiger partial charge in [0.05, 0.1) is 0 Å². The second kappa shape index (κ2) is 3.32. The first-order valence-corrected chi connectivity index (χ1v) is 5.47. The zero-order chi connectivity index (χ0) is 9.31. The normalized spacial score (nSPS) is 32.1. The molecular formula is C11H19NO. The molecule has 0 spiro atoms. The van der Waals surface area contributed by atoms with Crippen molar-refractivity contribution in [1.82, 2.24) is 5.32 Å². The van der Waals surface area contributed by atoms with Crippen molar-refractivity contribution in [3.05, 3.63) is 0 Å². The second-order valence-electron chi connectivity index (χ2n) is 5.00. The summed E-state index contributed by atoms with van der Waals surface area (Å²) in [5, 5.41) is 2.96. The van der Waals surface area contributed by atoms with Gasteiger partial charge in [-0.2, -0.15) is 0 Å². The van der Waals surface area contributed by atoms with Gasteiger partial charge in [-0.1, -0.05) is 13.3 Å². The Balaban J connectivity index is 1.88. The highest BCUT2D eigenvalue weighted by molar-refractivity contribution is 5.79. The van der Waals surface area contributed by atoms with Crippen LogP contribution in [0.4, 0.5) is 0 Å². The summed E-state index contributed by atoms with van der Waals surface area (Å²) >= 11 is 0. The SMILES string of the molecule is CC1(CC2CCCNC2=O)CCC1. The van der Waals surface area contributed by atoms with Crippen molar-refractivity contribution in [3.8, 4) is 0 Å². The molecule has 0 aromatic rings. The first-order valence-electron chi connectivity index (χ1n) is 5.47. The minimum Gasteiger partial charge on any atom is -0.356 e. The van der Waals surface area contributed by atoms with Crippen LogP contribution in [0, 0.1) is 11.3 Å². The second-order valence-corrected chi connectivity index (χ2v) is 5.00. The molecule has 1 aliphatic carbocycles. The van der Waals surface area contributed by atoms with Crippen LogP contribution in [-0.4, -0.2) is 12.5 Å². The summed E-state index contributed by atoms with van der Waals surface area (Å²) in [5.74, 6) is 0.624. The van der Waals surface area contributed by atoms with Crippen molar-refractivity contribution in [1.29, 1.82) is 0 Å². The maximum Gasteiger partial charge on any atom is 0.223 e. The van der Waals surface area contributed by atoms with Crippen LogP contribution in [-0.2, 0) is 4.79 Å². The number of hydrogen-bond donors (Lipinski definition) is 1. The molecule has 1 heterocycles. The van der Waals surface area contributed by atoms with E-state index in [0.29, 0.717) is 17.2 Å². The third kappa shape index (κ3) is 1.87. The molecule has 2 aliphatic rings. The zero-order valence-electron chi connectivity index (χ0n) is 8.44. The maximum atomic E-state index is 11.5. The summed E-state index contributed by atoms with van der Waals surface area (Å²) in [6, 6.07) is 0. The average molecular weight is 181 g/mol. The van der Waals surface area contributed by atoms with Crippen LogP contribution in [0.2, 0.25) is 0 Å². The molecule has 2 heteroatoms. The molecule has 2 nitrogen and oxygen atoms in total. The van der Waals surface area contributed by atoms with Gasteiger partial charge in [0.15, 0.2) is 0 Å². The standard InChI is InChI=1S/C11H19NO/c1-11(5-3-6-11)8-9-4-2-7-12-10(9)13/h9H,2-8H2,1H3,(H,12,13). The predicted octanol–water partition coefficient (Wildman–Crippen LogP) is 2.09. The minimum absolute atomic E-state index is 0.305. The lowest BCUT2D eigenvalue weighted by atomic mass is 9.65. The Morgan fingerprint density at radius 3 is 2.77 bits per heavy atom. The van der Waals surface area contributed by atoms with Crippen molar-refractivity contribution in [2.45, 2.75) is 45.4 Å². The van der Waals surface area contributed by atoms with Gasteiger partial charge in [-0.05, 0) is 37.5 Å². The molecule has 74 valence electrons. The number of nitrogens with one attached hydrogen (secondary N) is 1. The fraction of sp³-hybridized carbons (Fsp3) is 0.909. The average Bonchev–Trinajstić information content (AvgIpc) is 2.06. The van der Waals surface area contributed by atoms with E-state index < -0.39 is 0 Å². The van der Waals surface area contributed by atoms with E-state index in [0.717, 1.165) is 19.4 Å². The van der Waals surface area contributed by atoms with Gasteiger partial charge in [0.25, 0.3) is 0 Å². The number of rotatable bonds is 2. The van der Waals surface area contributed by atoms with Crippen LogP contribution in [0.1, 0.15) is 45.4 Å². The summed E-state index contributed by atoms with van der Waals surface area (Å²) in [7, 11) is 0. The van der Waals surface area contributed by atoms with Crippen LogP contribution in [0.5, 0.6) is 0 Å². The third-order valence-corrected chi connectivity index (χ3v) is 3.70. The van der Waals surface area contributed by atoms with Gasteiger partial charge in [0.1, 0.15) is 0 Å². The van der Waals surface area contributed by atoms with E-state index >= 15 is 0 Å². The molecule has 0 aromatic heterocycles. The van der Waals surface area contributed by atoms with Crippen molar-refractivity contribution in [3.63, 3.8) is 0 Å². The topological polar surface area (TPSA) is 29.1 Å². The number of piperidine rings is 1. The molecule has 0 radical (unpaired) electrons. The number of carbonyl (C=O) groups is 1. The molecule has 0 aromatic carbocycles. The molecule has 2 rings (SSSR count). The van der Waals surface area contributed by atoms with Crippen molar-refractivity contribution >= 4 is 5.91 Å². The number of hydrogen-bond acceptors (Lipinski definition) is 1. The van der Waals surface area contributed by atoms with E-state index in [9.17, 15) is 4.79 Å². The van der Waals surface area contributed by atoms with Crippen LogP contribution in [0.15, 0.2) is 0 Å². The summed E-state index contributed by atoms with van der Waals surface area (Å²) < 4.78 is 0. The van der Waals surface area contributed by atoms with E-state index in [-0.39, 0.29) is 0 Å². The highest BCUT2D eigenvalue weighted by Gasteiger charge is 2.36.